The van der Waals surface area contributed by atoms with Gasteiger partial charge in [0.25, 0.3) is 0 Å². The molecule has 5 nitrogen and oxygen atoms in total. The Bertz CT molecular complexity index is 725. The van der Waals surface area contributed by atoms with Gasteiger partial charge in [-0.25, -0.2) is 4.98 Å². The maximum Gasteiger partial charge on any atom is 0.306 e. The SMILES string of the molecule is O=C(CCc1nc2cc(Br)ccc2s1)NC1CC(C(=O)O)C1. The highest BCUT2D eigenvalue weighted by atomic mass is 79.9. The van der Waals surface area contributed by atoms with Crippen LogP contribution in [-0.4, -0.2) is 28.0 Å². The topological polar surface area (TPSA) is 79.3 Å². The van der Waals surface area contributed by atoms with Crippen molar-refractivity contribution in [2.24, 2.45) is 5.92 Å². The molecule has 0 bridgehead atoms. The average molecular weight is 383 g/mol. The first kappa shape index (κ1) is 15.4. The smallest absolute Gasteiger partial charge is 0.306 e. The Hall–Kier alpha value is -1.47. The number of thiazole rings is 1. The maximum absolute atomic E-state index is 11.9. The Kier molecular flexibility index (Phi) is 4.44. The largest absolute Gasteiger partial charge is 0.481 e. The average Bonchev–Trinajstić information content (AvgIpc) is 2.81. The van der Waals surface area contributed by atoms with Crippen molar-refractivity contribution in [2.75, 3.05) is 0 Å². The van der Waals surface area contributed by atoms with E-state index in [0.29, 0.717) is 25.7 Å². The third-order valence-corrected chi connectivity index (χ3v) is 5.40. The van der Waals surface area contributed by atoms with Crippen LogP contribution in [0.25, 0.3) is 10.2 Å². The van der Waals surface area contributed by atoms with Crippen LogP contribution in [0.4, 0.5) is 0 Å². The summed E-state index contributed by atoms with van der Waals surface area (Å²) in [5.74, 6) is -1.10. The van der Waals surface area contributed by atoms with Crippen LogP contribution in [0.1, 0.15) is 24.3 Å². The second-order valence-corrected chi connectivity index (χ2v) is 7.52. The molecule has 1 aromatic heterocycles. The van der Waals surface area contributed by atoms with E-state index in [9.17, 15) is 9.59 Å². The first-order valence-corrected chi connectivity index (χ1v) is 8.69. The molecule has 7 heteroatoms. The van der Waals surface area contributed by atoms with E-state index < -0.39 is 5.97 Å². The van der Waals surface area contributed by atoms with Crippen LogP contribution >= 0.6 is 27.3 Å². The zero-order valence-electron chi connectivity index (χ0n) is 11.7. The van der Waals surface area contributed by atoms with E-state index in [0.717, 1.165) is 19.7 Å². The van der Waals surface area contributed by atoms with Crippen molar-refractivity contribution in [1.29, 1.82) is 0 Å². The number of fused-ring (bicyclic) bond motifs is 1. The Balaban J connectivity index is 1.49. The van der Waals surface area contributed by atoms with E-state index in [-0.39, 0.29) is 17.9 Å². The van der Waals surface area contributed by atoms with E-state index in [1.54, 1.807) is 11.3 Å². The number of rotatable bonds is 5. The summed E-state index contributed by atoms with van der Waals surface area (Å²) < 4.78 is 2.11. The van der Waals surface area contributed by atoms with Gasteiger partial charge < -0.3 is 10.4 Å². The monoisotopic (exact) mass is 382 g/mol. The lowest BCUT2D eigenvalue weighted by molar-refractivity contribution is -0.146. The number of amides is 1. The number of aryl methyl sites for hydroxylation is 1. The third kappa shape index (κ3) is 3.47. The normalized spacial score (nSPS) is 20.6. The van der Waals surface area contributed by atoms with Crippen LogP contribution in [0.5, 0.6) is 0 Å². The molecule has 116 valence electrons. The molecule has 2 aromatic rings. The Morgan fingerprint density at radius 2 is 2.18 bits per heavy atom. The summed E-state index contributed by atoms with van der Waals surface area (Å²) in [6.07, 6.45) is 2.07. The number of carbonyl (C=O) groups excluding carboxylic acids is 1. The number of hydrogen-bond donors (Lipinski definition) is 2. The van der Waals surface area contributed by atoms with Crippen molar-refractivity contribution in [1.82, 2.24) is 10.3 Å². The van der Waals surface area contributed by atoms with Crippen molar-refractivity contribution in [3.63, 3.8) is 0 Å². The lowest BCUT2D eigenvalue weighted by Crippen LogP contribution is -2.46. The fourth-order valence-electron chi connectivity index (χ4n) is 2.51. The molecule has 1 heterocycles. The molecule has 1 aromatic carbocycles. The van der Waals surface area contributed by atoms with Crippen molar-refractivity contribution in [3.8, 4) is 0 Å². The lowest BCUT2D eigenvalue weighted by Gasteiger charge is -2.32. The summed E-state index contributed by atoms with van der Waals surface area (Å²) in [4.78, 5) is 27.1. The molecule has 1 amide bonds. The van der Waals surface area contributed by atoms with Gasteiger partial charge in [-0.2, -0.15) is 0 Å². The summed E-state index contributed by atoms with van der Waals surface area (Å²) in [6, 6.07) is 5.98. The van der Waals surface area contributed by atoms with Crippen LogP contribution in [0.3, 0.4) is 0 Å². The summed E-state index contributed by atoms with van der Waals surface area (Å²) in [6.45, 7) is 0. The van der Waals surface area contributed by atoms with E-state index in [4.69, 9.17) is 5.11 Å². The van der Waals surface area contributed by atoms with Gasteiger partial charge in [0.05, 0.1) is 21.1 Å². The van der Waals surface area contributed by atoms with E-state index >= 15 is 0 Å². The van der Waals surface area contributed by atoms with Gasteiger partial charge >= 0.3 is 5.97 Å². The van der Waals surface area contributed by atoms with Gasteiger partial charge in [0.2, 0.25) is 5.91 Å². The van der Waals surface area contributed by atoms with Gasteiger partial charge in [0.1, 0.15) is 0 Å². The Labute approximate surface area is 139 Å². The molecule has 3 rings (SSSR count). The molecule has 0 radical (unpaired) electrons. The van der Waals surface area contributed by atoms with Crippen molar-refractivity contribution in [3.05, 3.63) is 27.7 Å². The molecule has 0 unspecified atom stereocenters. The number of carboxylic acids is 1. The summed E-state index contributed by atoms with van der Waals surface area (Å²) in [5.41, 5.74) is 0.943. The maximum atomic E-state index is 11.9. The number of carbonyl (C=O) groups is 2. The first-order valence-electron chi connectivity index (χ1n) is 7.08. The third-order valence-electron chi connectivity index (χ3n) is 3.81. The highest BCUT2D eigenvalue weighted by Crippen LogP contribution is 2.28. The number of halogens is 1. The van der Waals surface area contributed by atoms with E-state index in [1.165, 1.54) is 0 Å². The molecule has 22 heavy (non-hydrogen) atoms. The number of hydrogen-bond acceptors (Lipinski definition) is 4. The summed E-state index contributed by atoms with van der Waals surface area (Å²) in [5, 5.41) is 12.6. The molecule has 2 N–H and O–H groups in total. The molecule has 0 saturated heterocycles. The highest BCUT2D eigenvalue weighted by Gasteiger charge is 2.35. The number of carboxylic acid groups (broad SMARTS) is 1. The van der Waals surface area contributed by atoms with Crippen LogP contribution in [0.2, 0.25) is 0 Å². The Morgan fingerprint density at radius 3 is 2.91 bits per heavy atom. The van der Waals surface area contributed by atoms with Crippen molar-refractivity contribution >= 4 is 49.4 Å². The summed E-state index contributed by atoms with van der Waals surface area (Å²) in [7, 11) is 0. The van der Waals surface area contributed by atoms with Crippen LogP contribution in [0.15, 0.2) is 22.7 Å². The molecule has 0 atom stereocenters. The number of nitrogens with zero attached hydrogens (tertiary/aromatic N) is 1. The number of aromatic nitrogens is 1. The van der Waals surface area contributed by atoms with Gasteiger partial charge in [-0.05, 0) is 31.0 Å². The first-order chi connectivity index (χ1) is 10.5. The molecule has 1 aliphatic carbocycles. The van der Waals surface area contributed by atoms with Gasteiger partial charge in [-0.15, -0.1) is 11.3 Å². The molecule has 1 fully saturated rings. The summed E-state index contributed by atoms with van der Waals surface area (Å²) >= 11 is 5.02. The highest BCUT2D eigenvalue weighted by molar-refractivity contribution is 9.10. The van der Waals surface area contributed by atoms with Gasteiger partial charge in [-0.3, -0.25) is 9.59 Å². The van der Waals surface area contributed by atoms with Gasteiger partial charge in [-0.1, -0.05) is 15.9 Å². The molecule has 1 saturated carbocycles. The predicted octanol–water partition coefficient (Wildman–Crippen LogP) is 2.97. The minimum absolute atomic E-state index is 0.0138. The van der Waals surface area contributed by atoms with E-state index in [2.05, 4.69) is 26.2 Å². The van der Waals surface area contributed by atoms with E-state index in [1.807, 2.05) is 18.2 Å². The fourth-order valence-corrected chi connectivity index (χ4v) is 3.81. The molecule has 1 aliphatic rings. The van der Waals surface area contributed by atoms with Gasteiger partial charge in [0, 0.05) is 23.4 Å². The minimum Gasteiger partial charge on any atom is -0.481 e. The zero-order valence-corrected chi connectivity index (χ0v) is 14.1. The van der Waals surface area contributed by atoms with Crippen LogP contribution in [-0.2, 0) is 16.0 Å². The second kappa shape index (κ2) is 6.34. The molecular weight excluding hydrogens is 368 g/mol. The number of aliphatic carboxylic acids is 1. The predicted molar refractivity (Wildman–Crippen MR) is 87.9 cm³/mol. The van der Waals surface area contributed by atoms with Crippen LogP contribution in [0, 0.1) is 5.92 Å². The number of benzene rings is 1. The lowest BCUT2D eigenvalue weighted by atomic mass is 9.80. The Morgan fingerprint density at radius 1 is 1.41 bits per heavy atom. The van der Waals surface area contributed by atoms with Crippen molar-refractivity contribution < 1.29 is 14.7 Å². The molecule has 0 spiro atoms. The van der Waals surface area contributed by atoms with Crippen molar-refractivity contribution in [2.45, 2.75) is 31.7 Å². The molecule has 0 aliphatic heterocycles. The molecular formula is C15H15BrN2O3S. The number of nitrogens with one attached hydrogen (secondary N) is 1. The minimum atomic E-state index is -0.772. The quantitative estimate of drug-likeness (QED) is 0.832. The zero-order chi connectivity index (χ0) is 15.7. The van der Waals surface area contributed by atoms with Gasteiger partial charge in [0.15, 0.2) is 0 Å². The fraction of sp³-hybridized carbons (Fsp3) is 0.400. The van der Waals surface area contributed by atoms with Crippen LogP contribution < -0.4 is 5.32 Å². The standard InChI is InChI=1S/C15H15BrN2O3S/c16-9-1-2-12-11(7-9)18-14(22-12)4-3-13(19)17-10-5-8(6-10)15(20)21/h1-2,7-8,10H,3-6H2,(H,17,19)(H,20,21). The second-order valence-electron chi connectivity index (χ2n) is 5.49.